The van der Waals surface area contributed by atoms with Gasteiger partial charge in [-0.3, -0.25) is 4.90 Å². The number of aryl methyl sites for hydroxylation is 1. The summed E-state index contributed by atoms with van der Waals surface area (Å²) in [6, 6.07) is 12.9. The first kappa shape index (κ1) is 19.8. The Balaban J connectivity index is 1.72. The number of benzene rings is 2. The van der Waals surface area contributed by atoms with Gasteiger partial charge in [0.15, 0.2) is 0 Å². The summed E-state index contributed by atoms with van der Waals surface area (Å²) in [6.07, 6.45) is 0. The lowest BCUT2D eigenvalue weighted by Crippen LogP contribution is -2.36. The molecule has 2 aromatic rings. The van der Waals surface area contributed by atoms with Crippen LogP contribution in [0.3, 0.4) is 0 Å². The van der Waals surface area contributed by atoms with Crippen molar-refractivity contribution in [2.75, 3.05) is 33.4 Å². The maximum Gasteiger partial charge on any atom is 0.241 e. The Morgan fingerprint density at radius 3 is 2.48 bits per heavy atom. The standard InChI is InChI=1S/C20H26N2O4S/c1-16-13-19(25-2)7-8-20(16)27(23,24)21-14-17-5-3-4-6-18(17)15-22-9-11-26-12-10-22/h3-8,13,21H,9-12,14-15H2,1-2H3. The minimum Gasteiger partial charge on any atom is -0.497 e. The first-order valence-electron chi connectivity index (χ1n) is 9.01. The van der Waals surface area contributed by atoms with Gasteiger partial charge in [0, 0.05) is 26.2 Å². The third kappa shape index (κ3) is 5.07. The van der Waals surface area contributed by atoms with Crippen LogP contribution in [-0.2, 0) is 27.8 Å². The maximum absolute atomic E-state index is 12.7. The molecule has 0 amide bonds. The van der Waals surface area contributed by atoms with Crippen LogP contribution < -0.4 is 9.46 Å². The average molecular weight is 391 g/mol. The zero-order valence-corrected chi connectivity index (χ0v) is 16.6. The lowest BCUT2D eigenvalue weighted by Gasteiger charge is -2.27. The summed E-state index contributed by atoms with van der Waals surface area (Å²) in [6.45, 7) is 6.09. The van der Waals surface area contributed by atoms with Gasteiger partial charge in [0.05, 0.1) is 25.2 Å². The van der Waals surface area contributed by atoms with Gasteiger partial charge in [-0.15, -0.1) is 0 Å². The third-order valence-corrected chi connectivity index (χ3v) is 6.30. The van der Waals surface area contributed by atoms with E-state index in [9.17, 15) is 8.42 Å². The highest BCUT2D eigenvalue weighted by Gasteiger charge is 2.18. The van der Waals surface area contributed by atoms with Gasteiger partial charge in [0.1, 0.15) is 5.75 Å². The summed E-state index contributed by atoms with van der Waals surface area (Å²) < 4.78 is 38.8. The number of nitrogens with zero attached hydrogens (tertiary/aromatic N) is 1. The summed E-state index contributed by atoms with van der Waals surface area (Å²) in [5.41, 5.74) is 2.77. The Morgan fingerprint density at radius 1 is 1.11 bits per heavy atom. The number of morpholine rings is 1. The van der Waals surface area contributed by atoms with Gasteiger partial charge in [0.2, 0.25) is 10.0 Å². The van der Waals surface area contributed by atoms with Crippen LogP contribution in [0.25, 0.3) is 0 Å². The zero-order chi connectivity index (χ0) is 19.3. The van der Waals surface area contributed by atoms with Crippen molar-refractivity contribution in [1.82, 2.24) is 9.62 Å². The van der Waals surface area contributed by atoms with E-state index < -0.39 is 10.0 Å². The summed E-state index contributed by atoms with van der Waals surface area (Å²) >= 11 is 0. The first-order chi connectivity index (χ1) is 13.0. The quantitative estimate of drug-likeness (QED) is 0.786. The molecule has 7 heteroatoms. The molecule has 1 N–H and O–H groups in total. The summed E-state index contributed by atoms with van der Waals surface area (Å²) in [4.78, 5) is 2.60. The van der Waals surface area contributed by atoms with Crippen LogP contribution in [-0.4, -0.2) is 46.7 Å². The number of ether oxygens (including phenoxy) is 2. The van der Waals surface area contributed by atoms with Crippen LogP contribution in [0.2, 0.25) is 0 Å². The van der Waals surface area contributed by atoms with Crippen LogP contribution >= 0.6 is 0 Å². The number of hydrogen-bond acceptors (Lipinski definition) is 5. The van der Waals surface area contributed by atoms with E-state index in [4.69, 9.17) is 9.47 Å². The number of sulfonamides is 1. The summed E-state index contributed by atoms with van der Waals surface area (Å²) in [5.74, 6) is 0.641. The Kier molecular flexibility index (Phi) is 6.49. The zero-order valence-electron chi connectivity index (χ0n) is 15.8. The molecule has 0 bridgehead atoms. The van der Waals surface area contributed by atoms with E-state index in [1.807, 2.05) is 18.2 Å². The topological polar surface area (TPSA) is 67.9 Å². The van der Waals surface area contributed by atoms with Crippen molar-refractivity contribution in [3.05, 3.63) is 59.2 Å². The molecule has 0 aromatic heterocycles. The summed E-state index contributed by atoms with van der Waals surface area (Å²) in [7, 11) is -2.04. The highest BCUT2D eigenvalue weighted by molar-refractivity contribution is 7.89. The van der Waals surface area contributed by atoms with E-state index in [-0.39, 0.29) is 11.4 Å². The van der Waals surface area contributed by atoms with Crippen LogP contribution in [0.5, 0.6) is 5.75 Å². The highest BCUT2D eigenvalue weighted by atomic mass is 32.2. The third-order valence-electron chi connectivity index (χ3n) is 4.74. The molecule has 0 unspecified atom stereocenters. The van der Waals surface area contributed by atoms with Crippen LogP contribution in [0.15, 0.2) is 47.4 Å². The fourth-order valence-electron chi connectivity index (χ4n) is 3.19. The molecule has 0 radical (unpaired) electrons. The van der Waals surface area contributed by atoms with Crippen molar-refractivity contribution in [3.8, 4) is 5.75 Å². The first-order valence-corrected chi connectivity index (χ1v) is 10.5. The second-order valence-corrected chi connectivity index (χ2v) is 8.35. The molecule has 0 aliphatic carbocycles. The minimum absolute atomic E-state index is 0.258. The Labute approximate surface area is 161 Å². The monoisotopic (exact) mass is 390 g/mol. The molecule has 1 fully saturated rings. The van der Waals surface area contributed by atoms with E-state index in [1.165, 1.54) is 0 Å². The minimum atomic E-state index is -3.60. The summed E-state index contributed by atoms with van der Waals surface area (Å²) in [5, 5.41) is 0. The molecule has 1 aliphatic heterocycles. The second kappa shape index (κ2) is 8.84. The molecule has 0 atom stereocenters. The van der Waals surface area contributed by atoms with E-state index in [1.54, 1.807) is 32.2 Å². The molecule has 0 saturated carbocycles. The van der Waals surface area contributed by atoms with Crippen molar-refractivity contribution in [1.29, 1.82) is 0 Å². The van der Waals surface area contributed by atoms with Crippen molar-refractivity contribution in [2.45, 2.75) is 24.9 Å². The predicted molar refractivity (Wildman–Crippen MR) is 104 cm³/mol. The van der Waals surface area contributed by atoms with Gasteiger partial charge in [-0.1, -0.05) is 24.3 Å². The maximum atomic E-state index is 12.7. The normalized spacial score (nSPS) is 15.6. The van der Waals surface area contributed by atoms with E-state index >= 15 is 0 Å². The SMILES string of the molecule is COc1ccc(S(=O)(=O)NCc2ccccc2CN2CCOCC2)c(C)c1. The number of methoxy groups -OCH3 is 1. The second-order valence-electron chi connectivity index (χ2n) is 6.61. The van der Waals surface area contributed by atoms with Crippen molar-refractivity contribution < 1.29 is 17.9 Å². The molecular weight excluding hydrogens is 364 g/mol. The molecule has 2 aromatic carbocycles. The largest absolute Gasteiger partial charge is 0.497 e. The van der Waals surface area contributed by atoms with Crippen molar-refractivity contribution in [2.24, 2.45) is 0 Å². The van der Waals surface area contributed by atoms with Crippen LogP contribution in [0.4, 0.5) is 0 Å². The van der Waals surface area contributed by atoms with Gasteiger partial charge in [0.25, 0.3) is 0 Å². The Morgan fingerprint density at radius 2 is 1.81 bits per heavy atom. The molecule has 1 heterocycles. The Bertz CT molecular complexity index is 877. The number of nitrogens with one attached hydrogen (secondary N) is 1. The van der Waals surface area contributed by atoms with Gasteiger partial charge in [-0.05, 0) is 41.8 Å². The number of rotatable bonds is 7. The van der Waals surface area contributed by atoms with Crippen molar-refractivity contribution in [3.63, 3.8) is 0 Å². The van der Waals surface area contributed by atoms with Gasteiger partial charge >= 0.3 is 0 Å². The molecule has 27 heavy (non-hydrogen) atoms. The lowest BCUT2D eigenvalue weighted by molar-refractivity contribution is 0.0341. The van der Waals surface area contributed by atoms with Crippen LogP contribution in [0.1, 0.15) is 16.7 Å². The molecule has 1 aliphatic rings. The molecule has 6 nitrogen and oxygen atoms in total. The molecular formula is C20H26N2O4S. The molecule has 3 rings (SSSR count). The lowest BCUT2D eigenvalue weighted by atomic mass is 10.1. The van der Waals surface area contributed by atoms with E-state index in [0.717, 1.165) is 44.0 Å². The average Bonchev–Trinajstić information content (AvgIpc) is 2.68. The van der Waals surface area contributed by atoms with E-state index in [0.29, 0.717) is 11.3 Å². The highest BCUT2D eigenvalue weighted by Crippen LogP contribution is 2.21. The fraction of sp³-hybridized carbons (Fsp3) is 0.400. The van der Waals surface area contributed by atoms with Crippen molar-refractivity contribution >= 4 is 10.0 Å². The fourth-order valence-corrected chi connectivity index (χ4v) is 4.42. The van der Waals surface area contributed by atoms with E-state index in [2.05, 4.69) is 15.7 Å². The smallest absolute Gasteiger partial charge is 0.241 e. The number of hydrogen-bond donors (Lipinski definition) is 1. The predicted octanol–water partition coefficient (Wildman–Crippen LogP) is 2.31. The van der Waals surface area contributed by atoms with Crippen LogP contribution in [0, 0.1) is 6.92 Å². The molecule has 1 saturated heterocycles. The van der Waals surface area contributed by atoms with Gasteiger partial charge in [-0.25, -0.2) is 13.1 Å². The van der Waals surface area contributed by atoms with Gasteiger partial charge in [-0.2, -0.15) is 0 Å². The Hall–Kier alpha value is -1.93. The molecule has 0 spiro atoms. The van der Waals surface area contributed by atoms with Gasteiger partial charge < -0.3 is 9.47 Å². The molecule has 146 valence electrons.